The molecule has 0 rings (SSSR count). The molecule has 8 nitrogen and oxygen atoms in total. The summed E-state index contributed by atoms with van der Waals surface area (Å²) in [5.74, 6) is -3.09. The quantitative estimate of drug-likeness (QED) is 0.361. The molecule has 0 spiro atoms. The molecule has 0 aliphatic carbocycles. The van der Waals surface area contributed by atoms with Crippen molar-refractivity contribution in [2.75, 3.05) is 13.2 Å². The Morgan fingerprint density at radius 2 is 1.35 bits per heavy atom. The highest BCUT2D eigenvalue weighted by molar-refractivity contribution is 5.78. The van der Waals surface area contributed by atoms with Crippen LogP contribution in [0.1, 0.15) is 27.7 Å². The minimum Gasteiger partial charge on any atom is -0.481 e. The fourth-order valence-electron chi connectivity index (χ4n) is 1.09. The predicted octanol–water partition coefficient (Wildman–Crippen LogP) is -1.10. The summed E-state index contributed by atoms with van der Waals surface area (Å²) in [6.07, 6.45) is -1.26. The van der Waals surface area contributed by atoms with E-state index in [9.17, 15) is 14.7 Å². The van der Waals surface area contributed by atoms with E-state index in [1.807, 2.05) is 0 Å². The van der Waals surface area contributed by atoms with Gasteiger partial charge in [-0.25, -0.2) is 4.79 Å². The van der Waals surface area contributed by atoms with Gasteiger partial charge in [-0.05, 0) is 19.8 Å². The van der Waals surface area contributed by atoms with Crippen LogP contribution in [0.25, 0.3) is 0 Å². The van der Waals surface area contributed by atoms with Gasteiger partial charge in [0, 0.05) is 0 Å². The van der Waals surface area contributed by atoms with E-state index < -0.39 is 48.2 Å². The number of carbonyl (C=O) groups is 2. The van der Waals surface area contributed by atoms with E-state index in [2.05, 4.69) is 0 Å². The molecule has 2 atom stereocenters. The maximum Gasteiger partial charge on any atom is 0.338 e. The zero-order valence-corrected chi connectivity index (χ0v) is 12.1. The van der Waals surface area contributed by atoms with Crippen molar-refractivity contribution in [3.05, 3.63) is 0 Å². The molecule has 0 aromatic rings. The Morgan fingerprint density at radius 1 is 1.00 bits per heavy atom. The first-order valence-electron chi connectivity index (χ1n) is 5.99. The molecule has 2 unspecified atom stereocenters. The van der Waals surface area contributed by atoms with E-state index in [1.54, 1.807) is 13.8 Å². The summed E-state index contributed by atoms with van der Waals surface area (Å²) in [6.45, 7) is 4.53. The Bertz CT molecular complexity index is 311. The van der Waals surface area contributed by atoms with Crippen LogP contribution in [0, 0.1) is 11.3 Å². The Kier molecular flexibility index (Phi) is 8.60. The summed E-state index contributed by atoms with van der Waals surface area (Å²) < 4.78 is 0. The van der Waals surface area contributed by atoms with Crippen LogP contribution in [0.4, 0.5) is 0 Å². The fourth-order valence-corrected chi connectivity index (χ4v) is 1.09. The molecule has 0 bridgehead atoms. The van der Waals surface area contributed by atoms with Crippen molar-refractivity contribution >= 4 is 11.9 Å². The lowest BCUT2D eigenvalue weighted by molar-refractivity contribution is -0.177. The van der Waals surface area contributed by atoms with Gasteiger partial charge in [-0.2, -0.15) is 0 Å². The second-order valence-electron chi connectivity index (χ2n) is 5.14. The highest BCUT2D eigenvalue weighted by Gasteiger charge is 2.44. The summed E-state index contributed by atoms with van der Waals surface area (Å²) in [7, 11) is 0. The van der Waals surface area contributed by atoms with E-state index >= 15 is 0 Å². The van der Waals surface area contributed by atoms with E-state index in [4.69, 9.17) is 25.5 Å². The van der Waals surface area contributed by atoms with Crippen molar-refractivity contribution in [2.45, 2.75) is 39.4 Å². The molecule has 0 fully saturated rings. The summed E-state index contributed by atoms with van der Waals surface area (Å²) in [6, 6.07) is 0. The molecule has 0 heterocycles. The standard InChI is InChI=1S/C7H14O4.C5H10O4/c1-4(2)7(11,5(3)8)6(9)10;1-5(2-6,3-7)4(8)9/h4-5,8,11H,1-3H3,(H,9,10);6-7H,2-3H2,1H3,(H,8,9). The number of hydrogen-bond donors (Lipinski definition) is 6. The van der Waals surface area contributed by atoms with Crippen molar-refractivity contribution < 1.29 is 40.2 Å². The zero-order chi connectivity index (χ0) is 16.7. The van der Waals surface area contributed by atoms with Gasteiger partial charge in [0.2, 0.25) is 0 Å². The monoisotopic (exact) mass is 296 g/mol. The molecule has 0 aliphatic rings. The van der Waals surface area contributed by atoms with Gasteiger partial charge >= 0.3 is 11.9 Å². The number of carboxylic acids is 2. The van der Waals surface area contributed by atoms with E-state index in [1.165, 1.54) is 13.8 Å². The van der Waals surface area contributed by atoms with Crippen molar-refractivity contribution in [1.29, 1.82) is 0 Å². The van der Waals surface area contributed by atoms with E-state index in [0.717, 1.165) is 0 Å². The van der Waals surface area contributed by atoms with Crippen LogP contribution in [0.2, 0.25) is 0 Å². The Balaban J connectivity index is 0. The minimum absolute atomic E-state index is 0.514. The molecular formula is C12H24O8. The molecule has 20 heavy (non-hydrogen) atoms. The predicted molar refractivity (Wildman–Crippen MR) is 69.0 cm³/mol. The fraction of sp³-hybridized carbons (Fsp3) is 0.833. The molecule has 0 saturated heterocycles. The molecule has 0 radical (unpaired) electrons. The van der Waals surface area contributed by atoms with Crippen LogP contribution in [0.5, 0.6) is 0 Å². The van der Waals surface area contributed by atoms with Crippen molar-refractivity contribution in [1.82, 2.24) is 0 Å². The lowest BCUT2D eigenvalue weighted by Crippen LogP contribution is -2.52. The summed E-state index contributed by atoms with van der Waals surface area (Å²) in [4.78, 5) is 20.7. The van der Waals surface area contributed by atoms with Crippen LogP contribution in [0.3, 0.4) is 0 Å². The van der Waals surface area contributed by atoms with Gasteiger partial charge in [-0.3, -0.25) is 4.79 Å². The topological polar surface area (TPSA) is 156 Å². The summed E-state index contributed by atoms with van der Waals surface area (Å²) in [5, 5.41) is 52.1. The minimum atomic E-state index is -2.03. The molecule has 6 N–H and O–H groups in total. The van der Waals surface area contributed by atoms with Crippen LogP contribution >= 0.6 is 0 Å². The van der Waals surface area contributed by atoms with Gasteiger partial charge in [0.25, 0.3) is 0 Å². The molecule has 0 aromatic heterocycles. The third kappa shape index (κ3) is 5.04. The number of aliphatic hydroxyl groups excluding tert-OH is 3. The van der Waals surface area contributed by atoms with E-state index in [-0.39, 0.29) is 0 Å². The molecule has 0 amide bonds. The van der Waals surface area contributed by atoms with E-state index in [0.29, 0.717) is 0 Å². The second-order valence-corrected chi connectivity index (χ2v) is 5.14. The molecule has 0 saturated carbocycles. The second kappa shape index (κ2) is 8.15. The first kappa shape index (κ1) is 21.1. The largest absolute Gasteiger partial charge is 0.481 e. The van der Waals surface area contributed by atoms with Crippen LogP contribution in [-0.4, -0.2) is 67.5 Å². The van der Waals surface area contributed by atoms with Gasteiger partial charge in [0.05, 0.1) is 19.3 Å². The Morgan fingerprint density at radius 3 is 1.35 bits per heavy atom. The number of hydrogen-bond acceptors (Lipinski definition) is 6. The summed E-state index contributed by atoms with van der Waals surface area (Å²) >= 11 is 0. The van der Waals surface area contributed by atoms with Crippen LogP contribution in [0.15, 0.2) is 0 Å². The lowest BCUT2D eigenvalue weighted by Gasteiger charge is -2.29. The Labute approximate surface area is 117 Å². The molecule has 0 aromatic carbocycles. The maximum absolute atomic E-state index is 10.5. The Hall–Kier alpha value is -1.22. The average Bonchev–Trinajstić information content (AvgIpc) is 2.36. The first-order valence-corrected chi connectivity index (χ1v) is 5.99. The highest BCUT2D eigenvalue weighted by atomic mass is 16.4. The molecule has 120 valence electrons. The van der Waals surface area contributed by atoms with Crippen molar-refractivity contribution in [3.8, 4) is 0 Å². The van der Waals surface area contributed by atoms with Crippen molar-refractivity contribution in [2.24, 2.45) is 11.3 Å². The maximum atomic E-state index is 10.5. The van der Waals surface area contributed by atoms with Crippen LogP contribution in [-0.2, 0) is 9.59 Å². The molecule has 0 aliphatic heterocycles. The number of rotatable bonds is 6. The third-order valence-electron chi connectivity index (χ3n) is 3.07. The van der Waals surface area contributed by atoms with Crippen LogP contribution < -0.4 is 0 Å². The highest BCUT2D eigenvalue weighted by Crippen LogP contribution is 2.21. The zero-order valence-electron chi connectivity index (χ0n) is 12.1. The summed E-state index contributed by atoms with van der Waals surface area (Å²) in [5.41, 5.74) is -3.42. The number of carboxylic acid groups (broad SMARTS) is 2. The molecule has 8 heteroatoms. The third-order valence-corrected chi connectivity index (χ3v) is 3.07. The van der Waals surface area contributed by atoms with Gasteiger partial charge in [-0.1, -0.05) is 13.8 Å². The first-order chi connectivity index (χ1) is 8.89. The SMILES string of the molecule is CC(C)C(O)(C(=O)O)C(C)O.CC(CO)(CO)C(=O)O. The molecular weight excluding hydrogens is 272 g/mol. The smallest absolute Gasteiger partial charge is 0.338 e. The van der Waals surface area contributed by atoms with Gasteiger partial charge in [0.15, 0.2) is 5.60 Å². The average molecular weight is 296 g/mol. The van der Waals surface area contributed by atoms with Gasteiger partial charge in [-0.15, -0.1) is 0 Å². The van der Waals surface area contributed by atoms with Gasteiger partial charge in [0.1, 0.15) is 5.41 Å². The number of aliphatic hydroxyl groups is 4. The van der Waals surface area contributed by atoms with Gasteiger partial charge < -0.3 is 30.6 Å². The number of aliphatic carboxylic acids is 2. The lowest BCUT2D eigenvalue weighted by atomic mass is 9.86. The van der Waals surface area contributed by atoms with Crippen molar-refractivity contribution in [3.63, 3.8) is 0 Å². The normalized spacial score (nSPS) is 15.8.